The van der Waals surface area contributed by atoms with Crippen molar-refractivity contribution in [2.45, 2.75) is 125 Å². The molecule has 9 atom stereocenters. The predicted molar refractivity (Wildman–Crippen MR) is 138 cm³/mol. The summed E-state index contributed by atoms with van der Waals surface area (Å²) < 4.78 is 5.63. The van der Waals surface area contributed by atoms with Crippen LogP contribution in [-0.4, -0.2) is 12.1 Å². The lowest BCUT2D eigenvalue weighted by Gasteiger charge is -2.58. The van der Waals surface area contributed by atoms with Gasteiger partial charge in [-0.15, -0.1) is 0 Å². The molecular formula is C31H52O2. The second-order valence-corrected chi connectivity index (χ2v) is 13.4. The number of allylic oxidation sites excluding steroid dienone is 1. The summed E-state index contributed by atoms with van der Waals surface area (Å²) in [7, 11) is 0. The van der Waals surface area contributed by atoms with E-state index in [-0.39, 0.29) is 12.1 Å². The number of hydrogen-bond donors (Lipinski definition) is 0. The Balaban J connectivity index is 1.46. The molecule has 0 aliphatic heterocycles. The molecule has 0 radical (unpaired) electrons. The lowest BCUT2D eigenvalue weighted by atomic mass is 9.47. The van der Waals surface area contributed by atoms with Crippen LogP contribution in [0.1, 0.15) is 119 Å². The number of ether oxygens (including phenoxy) is 1. The van der Waals surface area contributed by atoms with Gasteiger partial charge in [0.05, 0.1) is 0 Å². The number of hydrogen-bond acceptors (Lipinski definition) is 2. The Morgan fingerprint density at radius 3 is 2.48 bits per heavy atom. The first-order chi connectivity index (χ1) is 15.6. The summed E-state index contributed by atoms with van der Waals surface area (Å²) >= 11 is 0. The molecule has 3 fully saturated rings. The summed E-state index contributed by atoms with van der Waals surface area (Å²) in [4.78, 5) is 11.5. The van der Waals surface area contributed by atoms with Crippen molar-refractivity contribution in [3.8, 4) is 0 Å². The first-order valence-electron chi connectivity index (χ1n) is 14.5. The van der Waals surface area contributed by atoms with Crippen LogP contribution in [-0.2, 0) is 9.53 Å². The third-order valence-electron chi connectivity index (χ3n) is 11.6. The van der Waals surface area contributed by atoms with E-state index in [2.05, 4.69) is 47.6 Å². The highest BCUT2D eigenvalue weighted by Crippen LogP contribution is 2.67. The van der Waals surface area contributed by atoms with Gasteiger partial charge in [0.2, 0.25) is 0 Å². The van der Waals surface area contributed by atoms with Crippen molar-refractivity contribution in [3.63, 3.8) is 0 Å². The minimum Gasteiger partial charge on any atom is -0.462 e. The fourth-order valence-electron chi connectivity index (χ4n) is 9.63. The molecule has 0 spiro atoms. The third-order valence-corrected chi connectivity index (χ3v) is 11.6. The van der Waals surface area contributed by atoms with Crippen molar-refractivity contribution in [1.29, 1.82) is 0 Å². The molecule has 0 amide bonds. The maximum absolute atomic E-state index is 11.5. The first kappa shape index (κ1) is 25.3. The van der Waals surface area contributed by atoms with Gasteiger partial charge in [0.1, 0.15) is 6.10 Å². The Kier molecular flexibility index (Phi) is 7.43. The average molecular weight is 457 g/mol. The first-order valence-corrected chi connectivity index (χ1v) is 14.5. The highest BCUT2D eigenvalue weighted by molar-refractivity contribution is 5.66. The third kappa shape index (κ3) is 4.58. The van der Waals surface area contributed by atoms with Crippen molar-refractivity contribution in [1.82, 2.24) is 0 Å². The maximum Gasteiger partial charge on any atom is 0.302 e. The van der Waals surface area contributed by atoms with Crippen LogP contribution in [0.2, 0.25) is 0 Å². The molecule has 0 heterocycles. The molecule has 4 aliphatic rings. The fraction of sp³-hybridized carbons (Fsp3) is 0.903. The number of carbonyl (C=O) groups excluding carboxylic acids is 1. The highest BCUT2D eigenvalue weighted by atomic mass is 16.5. The maximum atomic E-state index is 11.5. The van der Waals surface area contributed by atoms with Crippen molar-refractivity contribution in [2.24, 2.45) is 52.3 Å². The van der Waals surface area contributed by atoms with E-state index in [1.54, 1.807) is 12.5 Å². The Hall–Kier alpha value is -0.790. The van der Waals surface area contributed by atoms with E-state index >= 15 is 0 Å². The van der Waals surface area contributed by atoms with Crippen LogP contribution < -0.4 is 0 Å². The molecule has 4 unspecified atom stereocenters. The van der Waals surface area contributed by atoms with E-state index in [9.17, 15) is 4.79 Å². The minimum atomic E-state index is -0.115. The van der Waals surface area contributed by atoms with Crippen LogP contribution in [0.15, 0.2) is 11.6 Å². The zero-order valence-electron chi connectivity index (χ0n) is 22.8. The molecule has 3 saturated carbocycles. The Bertz CT molecular complexity index is 737. The van der Waals surface area contributed by atoms with E-state index in [0.29, 0.717) is 10.8 Å². The largest absolute Gasteiger partial charge is 0.462 e. The highest BCUT2D eigenvalue weighted by Gasteiger charge is 2.59. The molecule has 0 aromatic rings. The summed E-state index contributed by atoms with van der Waals surface area (Å²) in [5, 5.41) is 0. The Morgan fingerprint density at radius 1 is 1.06 bits per heavy atom. The van der Waals surface area contributed by atoms with Gasteiger partial charge in [-0.2, -0.15) is 0 Å². The van der Waals surface area contributed by atoms with Crippen molar-refractivity contribution in [2.75, 3.05) is 0 Å². The molecule has 0 aromatic heterocycles. The molecule has 4 rings (SSSR count). The van der Waals surface area contributed by atoms with Crippen molar-refractivity contribution >= 4 is 5.97 Å². The van der Waals surface area contributed by atoms with Gasteiger partial charge in [-0.1, -0.05) is 66.0 Å². The molecule has 2 nitrogen and oxygen atoms in total. The SMILES string of the molecule is CCC(CC[C@@H](C)[C@H]1CCC2C3CC=C4C[C@@H](OC(C)=O)CC[C@]4(C)C3CC[C@@]21C)C(C)C. The fourth-order valence-corrected chi connectivity index (χ4v) is 9.63. The normalized spacial score (nSPS) is 42.1. The van der Waals surface area contributed by atoms with Crippen LogP contribution >= 0.6 is 0 Å². The van der Waals surface area contributed by atoms with E-state index in [4.69, 9.17) is 4.74 Å². The lowest BCUT2D eigenvalue weighted by molar-refractivity contribution is -0.148. The van der Waals surface area contributed by atoms with Crippen LogP contribution in [0, 0.1) is 52.3 Å². The van der Waals surface area contributed by atoms with Crippen LogP contribution in [0.4, 0.5) is 0 Å². The monoisotopic (exact) mass is 456 g/mol. The summed E-state index contributed by atoms with van der Waals surface area (Å²) in [6.07, 6.45) is 17.2. The second kappa shape index (κ2) is 9.69. The summed E-state index contributed by atoms with van der Waals surface area (Å²) in [6, 6.07) is 0. The van der Waals surface area contributed by atoms with Gasteiger partial charge in [-0.3, -0.25) is 4.79 Å². The zero-order chi connectivity index (χ0) is 24.0. The summed E-state index contributed by atoms with van der Waals surface area (Å²) in [6.45, 7) is 16.6. The van der Waals surface area contributed by atoms with Gasteiger partial charge in [0, 0.05) is 13.3 Å². The minimum absolute atomic E-state index is 0.113. The van der Waals surface area contributed by atoms with Gasteiger partial charge < -0.3 is 4.74 Å². The predicted octanol–water partition coefficient (Wildman–Crippen LogP) is 8.60. The van der Waals surface area contributed by atoms with E-state index < -0.39 is 0 Å². The van der Waals surface area contributed by atoms with Crippen LogP contribution in [0.25, 0.3) is 0 Å². The van der Waals surface area contributed by atoms with E-state index in [1.165, 1.54) is 57.8 Å². The molecule has 4 aliphatic carbocycles. The quantitative estimate of drug-likeness (QED) is 0.283. The smallest absolute Gasteiger partial charge is 0.302 e. The standard InChI is InChI=1S/C31H52O2/c1-8-23(20(2)3)10-9-21(4)27-13-14-28-26-12-11-24-19-25(33-22(5)32)15-17-30(24,6)29(26)16-18-31(27,28)7/h11,20-21,23,25-29H,8-10,12-19H2,1-7H3/t21-,23?,25+,26?,27-,28?,29?,30+,31-/m1/s1. The van der Waals surface area contributed by atoms with Crippen molar-refractivity contribution < 1.29 is 9.53 Å². The van der Waals surface area contributed by atoms with Gasteiger partial charge in [0.15, 0.2) is 0 Å². The van der Waals surface area contributed by atoms with Gasteiger partial charge in [-0.05, 0) is 104 Å². The zero-order valence-corrected chi connectivity index (χ0v) is 22.8. The number of fused-ring (bicyclic) bond motifs is 5. The molecule has 0 aromatic carbocycles. The molecule has 0 saturated heterocycles. The Labute approximate surface area is 204 Å². The molecule has 2 heteroatoms. The molecule has 0 bridgehead atoms. The molecule has 33 heavy (non-hydrogen) atoms. The summed E-state index contributed by atoms with van der Waals surface area (Å²) in [5.74, 6) is 6.03. The van der Waals surface area contributed by atoms with Gasteiger partial charge >= 0.3 is 5.97 Å². The second-order valence-electron chi connectivity index (χ2n) is 13.4. The lowest BCUT2D eigenvalue weighted by Crippen LogP contribution is -2.51. The van der Waals surface area contributed by atoms with Gasteiger partial charge in [-0.25, -0.2) is 0 Å². The topological polar surface area (TPSA) is 26.3 Å². The van der Waals surface area contributed by atoms with E-state index in [0.717, 1.165) is 54.3 Å². The molecular weight excluding hydrogens is 404 g/mol. The van der Waals surface area contributed by atoms with E-state index in [1.807, 2.05) is 0 Å². The molecule has 0 N–H and O–H groups in total. The number of carbonyl (C=O) groups is 1. The van der Waals surface area contributed by atoms with Gasteiger partial charge in [0.25, 0.3) is 0 Å². The van der Waals surface area contributed by atoms with Crippen molar-refractivity contribution in [3.05, 3.63) is 11.6 Å². The Morgan fingerprint density at radius 2 is 1.82 bits per heavy atom. The molecule has 188 valence electrons. The average Bonchev–Trinajstić information content (AvgIpc) is 3.11. The number of rotatable bonds is 7. The van der Waals surface area contributed by atoms with Crippen LogP contribution in [0.5, 0.6) is 0 Å². The number of esters is 1. The summed E-state index contributed by atoms with van der Waals surface area (Å²) in [5.41, 5.74) is 2.51. The van der Waals surface area contributed by atoms with Crippen LogP contribution in [0.3, 0.4) is 0 Å².